The Balaban J connectivity index is 2.04. The maximum atomic E-state index is 12.1. The molecule has 0 aliphatic rings. The highest BCUT2D eigenvalue weighted by Gasteiger charge is 2.10. The van der Waals surface area contributed by atoms with Crippen LogP contribution in [0.4, 0.5) is 5.69 Å². The summed E-state index contributed by atoms with van der Waals surface area (Å²) in [4.78, 5) is 16.2. The highest BCUT2D eigenvalue weighted by atomic mass is 16.5. The van der Waals surface area contributed by atoms with Crippen LogP contribution in [0.15, 0.2) is 36.5 Å². The molecular formula is C15H17N3O3. The zero-order valence-electron chi connectivity index (χ0n) is 11.9. The number of benzene rings is 1. The molecule has 0 saturated carbocycles. The third-order valence-corrected chi connectivity index (χ3v) is 2.96. The number of nitrogens with two attached hydrogens (primary N) is 1. The minimum Gasteiger partial charge on any atom is -0.497 e. The molecule has 2 aromatic rings. The van der Waals surface area contributed by atoms with Gasteiger partial charge in [0.2, 0.25) is 5.88 Å². The van der Waals surface area contributed by atoms with Gasteiger partial charge in [-0.2, -0.15) is 0 Å². The molecule has 0 aliphatic carbocycles. The summed E-state index contributed by atoms with van der Waals surface area (Å²) in [5.41, 5.74) is 7.46. The Hall–Kier alpha value is -2.76. The minimum atomic E-state index is -0.262. The number of carbonyl (C=O) groups excluding carboxylic acids is 1. The van der Waals surface area contributed by atoms with Gasteiger partial charge in [-0.25, -0.2) is 4.98 Å². The monoisotopic (exact) mass is 287 g/mol. The molecule has 6 nitrogen and oxygen atoms in total. The number of amides is 1. The van der Waals surface area contributed by atoms with E-state index in [1.807, 2.05) is 6.07 Å². The van der Waals surface area contributed by atoms with Gasteiger partial charge in [0.15, 0.2) is 0 Å². The average molecular weight is 287 g/mol. The molecule has 0 atom stereocenters. The second-order valence-electron chi connectivity index (χ2n) is 4.34. The Kier molecular flexibility index (Phi) is 4.61. The zero-order valence-corrected chi connectivity index (χ0v) is 11.9. The normalized spacial score (nSPS) is 10.0. The summed E-state index contributed by atoms with van der Waals surface area (Å²) in [5, 5.41) is 2.79. The van der Waals surface area contributed by atoms with Gasteiger partial charge in [-0.3, -0.25) is 4.79 Å². The Labute approximate surface area is 122 Å². The van der Waals surface area contributed by atoms with E-state index in [2.05, 4.69) is 10.3 Å². The number of anilines is 1. The lowest BCUT2D eigenvalue weighted by Gasteiger charge is -2.09. The van der Waals surface area contributed by atoms with E-state index < -0.39 is 0 Å². The summed E-state index contributed by atoms with van der Waals surface area (Å²) < 4.78 is 10.1. The molecule has 2 rings (SSSR count). The van der Waals surface area contributed by atoms with Gasteiger partial charge in [0, 0.05) is 24.5 Å². The fourth-order valence-electron chi connectivity index (χ4n) is 1.77. The van der Waals surface area contributed by atoms with Gasteiger partial charge in [0.1, 0.15) is 5.75 Å². The minimum absolute atomic E-state index is 0.262. The largest absolute Gasteiger partial charge is 0.497 e. The van der Waals surface area contributed by atoms with Crippen LogP contribution in [-0.4, -0.2) is 25.1 Å². The number of pyridine rings is 1. The second-order valence-corrected chi connectivity index (χ2v) is 4.34. The van der Waals surface area contributed by atoms with E-state index in [1.165, 1.54) is 7.11 Å². The van der Waals surface area contributed by atoms with Crippen molar-refractivity contribution in [2.45, 2.75) is 6.54 Å². The molecular weight excluding hydrogens is 270 g/mol. The van der Waals surface area contributed by atoms with Crippen molar-refractivity contribution in [1.82, 2.24) is 10.3 Å². The zero-order chi connectivity index (χ0) is 15.2. The molecule has 0 bridgehead atoms. The van der Waals surface area contributed by atoms with Crippen molar-refractivity contribution in [2.75, 3.05) is 20.0 Å². The molecule has 1 aromatic heterocycles. The third kappa shape index (κ3) is 3.62. The lowest BCUT2D eigenvalue weighted by atomic mass is 10.1. The molecule has 0 unspecified atom stereocenters. The molecule has 0 aliphatic heterocycles. The molecule has 0 radical (unpaired) electrons. The maximum Gasteiger partial charge on any atom is 0.253 e. The topological polar surface area (TPSA) is 86.5 Å². The van der Waals surface area contributed by atoms with Gasteiger partial charge in [-0.05, 0) is 23.8 Å². The first-order valence-electron chi connectivity index (χ1n) is 6.34. The van der Waals surface area contributed by atoms with Crippen LogP contribution in [0.25, 0.3) is 0 Å². The molecule has 1 aromatic carbocycles. The fraction of sp³-hybridized carbons (Fsp3) is 0.200. The number of nitrogens with one attached hydrogen (secondary N) is 1. The first-order valence-corrected chi connectivity index (χ1v) is 6.34. The molecule has 1 amide bonds. The van der Waals surface area contributed by atoms with Gasteiger partial charge < -0.3 is 20.5 Å². The number of hydrogen-bond donors (Lipinski definition) is 2. The first kappa shape index (κ1) is 14.6. The van der Waals surface area contributed by atoms with Crippen LogP contribution in [0.5, 0.6) is 11.6 Å². The number of ether oxygens (including phenoxy) is 2. The van der Waals surface area contributed by atoms with Gasteiger partial charge in [-0.1, -0.05) is 6.07 Å². The molecule has 110 valence electrons. The Bertz CT molecular complexity index is 627. The molecule has 6 heteroatoms. The second kappa shape index (κ2) is 6.60. The van der Waals surface area contributed by atoms with Crippen molar-refractivity contribution in [1.29, 1.82) is 0 Å². The smallest absolute Gasteiger partial charge is 0.253 e. The third-order valence-electron chi connectivity index (χ3n) is 2.96. The van der Waals surface area contributed by atoms with E-state index in [0.717, 1.165) is 5.56 Å². The SMILES string of the molecule is COc1ccc(N)c(C(=O)NCc2ccc(OC)nc2)c1. The van der Waals surface area contributed by atoms with E-state index in [9.17, 15) is 4.79 Å². The summed E-state index contributed by atoms with van der Waals surface area (Å²) in [6, 6.07) is 8.53. The average Bonchev–Trinajstić information content (AvgIpc) is 2.53. The number of nitrogen functional groups attached to an aromatic ring is 1. The predicted molar refractivity (Wildman–Crippen MR) is 79.4 cm³/mol. The standard InChI is InChI=1S/C15H17N3O3/c1-20-11-4-5-13(16)12(7-11)15(19)18-9-10-3-6-14(21-2)17-8-10/h3-8H,9,16H2,1-2H3,(H,18,19). The van der Waals surface area contributed by atoms with Crippen LogP contribution in [0, 0.1) is 0 Å². The van der Waals surface area contributed by atoms with Crippen LogP contribution in [0.3, 0.4) is 0 Å². The number of methoxy groups -OCH3 is 2. The summed E-state index contributed by atoms with van der Waals surface area (Å²) in [6.07, 6.45) is 1.65. The van der Waals surface area contributed by atoms with E-state index in [1.54, 1.807) is 37.6 Å². The van der Waals surface area contributed by atoms with Crippen molar-refractivity contribution in [3.8, 4) is 11.6 Å². The number of aromatic nitrogens is 1. The summed E-state index contributed by atoms with van der Waals surface area (Å²) in [5.74, 6) is 0.852. The van der Waals surface area contributed by atoms with Crippen LogP contribution < -0.4 is 20.5 Å². The van der Waals surface area contributed by atoms with Gasteiger partial charge in [-0.15, -0.1) is 0 Å². The summed E-state index contributed by atoms with van der Waals surface area (Å²) >= 11 is 0. The lowest BCUT2D eigenvalue weighted by Crippen LogP contribution is -2.23. The van der Waals surface area contributed by atoms with Crippen molar-refractivity contribution in [3.63, 3.8) is 0 Å². The lowest BCUT2D eigenvalue weighted by molar-refractivity contribution is 0.0951. The van der Waals surface area contributed by atoms with Crippen molar-refractivity contribution in [3.05, 3.63) is 47.7 Å². The summed E-state index contributed by atoms with van der Waals surface area (Å²) in [6.45, 7) is 0.354. The Morgan fingerprint density at radius 2 is 2.05 bits per heavy atom. The van der Waals surface area contributed by atoms with Gasteiger partial charge in [0.05, 0.1) is 19.8 Å². The predicted octanol–water partition coefficient (Wildman–Crippen LogP) is 1.61. The highest BCUT2D eigenvalue weighted by molar-refractivity contribution is 5.99. The molecule has 3 N–H and O–H groups in total. The van der Waals surface area contributed by atoms with E-state index in [-0.39, 0.29) is 5.91 Å². The first-order chi connectivity index (χ1) is 10.1. The summed E-state index contributed by atoms with van der Waals surface area (Å²) in [7, 11) is 3.09. The number of rotatable bonds is 5. The Morgan fingerprint density at radius 1 is 1.24 bits per heavy atom. The van der Waals surface area contributed by atoms with Crippen molar-refractivity contribution < 1.29 is 14.3 Å². The van der Waals surface area contributed by atoms with Crippen LogP contribution in [0.2, 0.25) is 0 Å². The van der Waals surface area contributed by atoms with E-state index in [0.29, 0.717) is 29.4 Å². The number of nitrogens with zero attached hydrogens (tertiary/aromatic N) is 1. The molecule has 0 spiro atoms. The number of carbonyl (C=O) groups is 1. The van der Waals surface area contributed by atoms with E-state index >= 15 is 0 Å². The quantitative estimate of drug-likeness (QED) is 0.816. The van der Waals surface area contributed by atoms with Crippen LogP contribution in [-0.2, 0) is 6.54 Å². The number of hydrogen-bond acceptors (Lipinski definition) is 5. The van der Waals surface area contributed by atoms with Crippen LogP contribution >= 0.6 is 0 Å². The molecule has 21 heavy (non-hydrogen) atoms. The van der Waals surface area contributed by atoms with E-state index in [4.69, 9.17) is 15.2 Å². The van der Waals surface area contributed by atoms with Crippen molar-refractivity contribution in [2.24, 2.45) is 0 Å². The Morgan fingerprint density at radius 3 is 2.67 bits per heavy atom. The fourth-order valence-corrected chi connectivity index (χ4v) is 1.77. The van der Waals surface area contributed by atoms with Gasteiger partial charge >= 0.3 is 0 Å². The van der Waals surface area contributed by atoms with Crippen molar-refractivity contribution >= 4 is 11.6 Å². The maximum absolute atomic E-state index is 12.1. The van der Waals surface area contributed by atoms with Crippen LogP contribution in [0.1, 0.15) is 15.9 Å². The molecule has 0 saturated heterocycles. The molecule has 0 fully saturated rings. The van der Waals surface area contributed by atoms with Gasteiger partial charge in [0.25, 0.3) is 5.91 Å². The highest BCUT2D eigenvalue weighted by Crippen LogP contribution is 2.19. The molecule has 1 heterocycles.